The first kappa shape index (κ1) is 6.18. The maximum absolute atomic E-state index is 9.16. The van der Waals surface area contributed by atoms with E-state index >= 15 is 0 Å². The average Bonchev–Trinajstić information content (AvgIpc) is 2.33. The molecule has 0 bridgehead atoms. The van der Waals surface area contributed by atoms with E-state index in [0.717, 1.165) is 10.9 Å². The minimum absolute atomic E-state index is 0.265. The summed E-state index contributed by atoms with van der Waals surface area (Å²) in [5.41, 5.74) is 0. The summed E-state index contributed by atoms with van der Waals surface area (Å²) in [5, 5.41) is 14.0. The minimum Gasteiger partial charge on any atom is -0.390 e. The Morgan fingerprint density at radius 3 is 3.60 bits per heavy atom. The molecule has 1 aromatic heterocycles. The van der Waals surface area contributed by atoms with Crippen molar-refractivity contribution in [2.45, 2.75) is 17.8 Å². The van der Waals surface area contributed by atoms with Crippen molar-refractivity contribution in [3.05, 3.63) is 6.33 Å². The molecule has 54 valence electrons. The van der Waals surface area contributed by atoms with Gasteiger partial charge in [-0.1, -0.05) is 11.8 Å². The number of aromatic nitrogens is 3. The Morgan fingerprint density at radius 1 is 1.80 bits per heavy atom. The van der Waals surface area contributed by atoms with Gasteiger partial charge in [-0.05, 0) is 0 Å². The third kappa shape index (κ3) is 0.911. The fraction of sp³-hybridized carbons (Fsp3) is 0.600. The molecule has 10 heavy (non-hydrogen) atoms. The van der Waals surface area contributed by atoms with Crippen LogP contribution in [-0.2, 0) is 6.54 Å². The van der Waals surface area contributed by atoms with Gasteiger partial charge in [-0.2, -0.15) is 5.10 Å². The van der Waals surface area contributed by atoms with Crippen molar-refractivity contribution in [2.75, 3.05) is 5.75 Å². The standard InChI is InChI=1S/C5H7N3OS/c9-4-1-8-5(10-2-4)6-3-7-8/h3-4,9H,1-2H2/t4-/m1/s1. The molecule has 0 unspecified atom stereocenters. The molecule has 1 aliphatic rings. The van der Waals surface area contributed by atoms with Crippen LogP contribution in [-0.4, -0.2) is 31.7 Å². The van der Waals surface area contributed by atoms with Gasteiger partial charge in [0.15, 0.2) is 5.16 Å². The van der Waals surface area contributed by atoms with E-state index < -0.39 is 0 Å². The van der Waals surface area contributed by atoms with E-state index in [1.54, 1.807) is 16.4 Å². The van der Waals surface area contributed by atoms with Crippen LogP contribution in [0.15, 0.2) is 11.5 Å². The Bertz CT molecular complexity index is 237. The molecule has 4 nitrogen and oxygen atoms in total. The van der Waals surface area contributed by atoms with Crippen molar-refractivity contribution in [1.82, 2.24) is 14.8 Å². The number of hydrogen-bond donors (Lipinski definition) is 1. The molecule has 1 N–H and O–H groups in total. The molecule has 1 aliphatic heterocycles. The topological polar surface area (TPSA) is 50.9 Å². The molecule has 1 atom stereocenters. The highest BCUT2D eigenvalue weighted by molar-refractivity contribution is 7.99. The largest absolute Gasteiger partial charge is 0.390 e. The Hall–Kier alpha value is -0.550. The lowest BCUT2D eigenvalue weighted by Gasteiger charge is -2.16. The van der Waals surface area contributed by atoms with Crippen molar-refractivity contribution in [3.8, 4) is 0 Å². The molecule has 0 aromatic carbocycles. The second kappa shape index (κ2) is 2.25. The van der Waals surface area contributed by atoms with Crippen molar-refractivity contribution in [1.29, 1.82) is 0 Å². The summed E-state index contributed by atoms with van der Waals surface area (Å²) in [6, 6.07) is 0. The van der Waals surface area contributed by atoms with Gasteiger partial charge in [0, 0.05) is 5.75 Å². The molecular weight excluding hydrogens is 150 g/mol. The van der Waals surface area contributed by atoms with Gasteiger partial charge in [-0.15, -0.1) is 0 Å². The van der Waals surface area contributed by atoms with E-state index in [1.807, 2.05) is 0 Å². The summed E-state index contributed by atoms with van der Waals surface area (Å²) >= 11 is 1.54. The van der Waals surface area contributed by atoms with Gasteiger partial charge in [0.25, 0.3) is 0 Å². The van der Waals surface area contributed by atoms with Crippen LogP contribution in [0.1, 0.15) is 0 Å². The summed E-state index contributed by atoms with van der Waals surface area (Å²) in [4.78, 5) is 3.99. The zero-order valence-corrected chi connectivity index (χ0v) is 6.08. The number of aliphatic hydroxyl groups excluding tert-OH is 1. The highest BCUT2D eigenvalue weighted by Crippen LogP contribution is 2.20. The van der Waals surface area contributed by atoms with E-state index in [2.05, 4.69) is 10.1 Å². The first-order chi connectivity index (χ1) is 4.86. The van der Waals surface area contributed by atoms with Crippen LogP contribution >= 0.6 is 11.8 Å². The number of fused-ring (bicyclic) bond motifs is 1. The molecule has 2 heterocycles. The molecule has 1 aromatic rings. The number of hydrogen-bond acceptors (Lipinski definition) is 4. The zero-order chi connectivity index (χ0) is 6.97. The molecule has 5 heteroatoms. The molecule has 0 radical (unpaired) electrons. The predicted octanol–water partition coefficient (Wildman–Crippen LogP) is -0.255. The van der Waals surface area contributed by atoms with Crippen LogP contribution in [0.5, 0.6) is 0 Å². The summed E-state index contributed by atoms with van der Waals surface area (Å²) in [7, 11) is 0. The van der Waals surface area contributed by atoms with Crippen LogP contribution in [0.25, 0.3) is 0 Å². The first-order valence-corrected chi connectivity index (χ1v) is 4.03. The maximum Gasteiger partial charge on any atom is 0.186 e. The summed E-state index contributed by atoms with van der Waals surface area (Å²) in [6.45, 7) is 0.586. The van der Waals surface area contributed by atoms with Gasteiger partial charge >= 0.3 is 0 Å². The molecular formula is C5H7N3OS. The Balaban J connectivity index is 2.30. The highest BCUT2D eigenvalue weighted by Gasteiger charge is 2.17. The Morgan fingerprint density at radius 2 is 2.70 bits per heavy atom. The first-order valence-electron chi connectivity index (χ1n) is 3.05. The lowest BCUT2D eigenvalue weighted by atomic mass is 10.4. The molecule has 0 saturated carbocycles. The van der Waals surface area contributed by atoms with Crippen LogP contribution in [0.4, 0.5) is 0 Å². The average molecular weight is 157 g/mol. The summed E-state index contributed by atoms with van der Waals surface area (Å²) in [5.74, 6) is 0.735. The predicted molar refractivity (Wildman–Crippen MR) is 36.8 cm³/mol. The van der Waals surface area contributed by atoms with E-state index in [4.69, 9.17) is 5.11 Å². The number of rotatable bonds is 0. The van der Waals surface area contributed by atoms with Gasteiger partial charge in [-0.3, -0.25) is 0 Å². The third-order valence-corrected chi connectivity index (χ3v) is 2.49. The van der Waals surface area contributed by atoms with Crippen molar-refractivity contribution in [3.63, 3.8) is 0 Å². The molecule has 0 fully saturated rings. The van der Waals surface area contributed by atoms with Crippen molar-refractivity contribution in [2.24, 2.45) is 0 Å². The summed E-state index contributed by atoms with van der Waals surface area (Å²) < 4.78 is 1.72. The monoisotopic (exact) mass is 157 g/mol. The minimum atomic E-state index is -0.265. The van der Waals surface area contributed by atoms with Gasteiger partial charge in [0.1, 0.15) is 6.33 Å². The number of aliphatic hydroxyl groups is 1. The lowest BCUT2D eigenvalue weighted by Crippen LogP contribution is -2.24. The molecule has 0 saturated heterocycles. The summed E-state index contributed by atoms with van der Waals surface area (Å²) in [6.07, 6.45) is 1.25. The number of thioether (sulfide) groups is 1. The van der Waals surface area contributed by atoms with Crippen molar-refractivity contribution >= 4 is 11.8 Å². The Labute approximate surface area is 62.3 Å². The second-order valence-corrected chi connectivity index (χ2v) is 3.18. The molecule has 2 rings (SSSR count). The maximum atomic E-state index is 9.16. The highest BCUT2D eigenvalue weighted by atomic mass is 32.2. The fourth-order valence-corrected chi connectivity index (χ4v) is 1.75. The van der Waals surface area contributed by atoms with Gasteiger partial charge in [0.2, 0.25) is 0 Å². The van der Waals surface area contributed by atoms with Crippen LogP contribution in [0, 0.1) is 0 Å². The van der Waals surface area contributed by atoms with E-state index in [9.17, 15) is 0 Å². The van der Waals surface area contributed by atoms with Crippen LogP contribution in [0.3, 0.4) is 0 Å². The number of nitrogens with zero attached hydrogens (tertiary/aromatic N) is 3. The van der Waals surface area contributed by atoms with Gasteiger partial charge in [-0.25, -0.2) is 9.67 Å². The van der Waals surface area contributed by atoms with E-state index in [-0.39, 0.29) is 6.10 Å². The van der Waals surface area contributed by atoms with E-state index in [1.165, 1.54) is 6.33 Å². The Kier molecular flexibility index (Phi) is 1.39. The van der Waals surface area contributed by atoms with Gasteiger partial charge < -0.3 is 5.11 Å². The smallest absolute Gasteiger partial charge is 0.186 e. The van der Waals surface area contributed by atoms with Crippen LogP contribution in [0.2, 0.25) is 0 Å². The normalized spacial score (nSPS) is 24.3. The molecule has 0 spiro atoms. The molecule has 0 amide bonds. The molecule has 0 aliphatic carbocycles. The zero-order valence-electron chi connectivity index (χ0n) is 5.27. The lowest BCUT2D eigenvalue weighted by molar-refractivity contribution is 0.164. The third-order valence-electron chi connectivity index (χ3n) is 1.37. The fourth-order valence-electron chi connectivity index (χ4n) is 0.914. The van der Waals surface area contributed by atoms with Gasteiger partial charge in [0.05, 0.1) is 12.6 Å². The van der Waals surface area contributed by atoms with Crippen molar-refractivity contribution < 1.29 is 5.11 Å². The second-order valence-electron chi connectivity index (χ2n) is 2.19. The quantitative estimate of drug-likeness (QED) is 0.564. The van der Waals surface area contributed by atoms with Crippen LogP contribution < -0.4 is 0 Å². The van der Waals surface area contributed by atoms with E-state index in [0.29, 0.717) is 6.54 Å². The SMILES string of the molecule is O[C@H]1CSc2ncnn2C1.